The van der Waals surface area contributed by atoms with E-state index in [0.29, 0.717) is 0 Å². The van der Waals surface area contributed by atoms with E-state index in [0.717, 1.165) is 32.6 Å². The largest absolute Gasteiger partial charge is 0.205 e. The number of aryl methyl sites for hydroxylation is 4. The third kappa shape index (κ3) is 9.38. The summed E-state index contributed by atoms with van der Waals surface area (Å²) < 4.78 is 9.18. The van der Waals surface area contributed by atoms with E-state index in [4.69, 9.17) is 0 Å². The maximum Gasteiger partial charge on any atom is 0.169 e. The fourth-order valence-corrected chi connectivity index (χ4v) is 5.07. The van der Waals surface area contributed by atoms with Crippen LogP contribution in [0.25, 0.3) is 22.3 Å². The molecular weight excluding hydrogens is 476 g/mol. The Hall–Kier alpha value is -3.40. The van der Waals surface area contributed by atoms with Gasteiger partial charge in [-0.1, -0.05) is 39.5 Å². The van der Waals surface area contributed by atoms with Crippen LogP contribution in [0.2, 0.25) is 0 Å². The number of hydrogen-bond donors (Lipinski definition) is 0. The third-order valence-corrected chi connectivity index (χ3v) is 7.60. The van der Waals surface area contributed by atoms with Gasteiger partial charge in [0, 0.05) is 61.4 Å². The number of unbranched alkanes of at least 4 members (excludes halogenated alkanes) is 6. The first-order chi connectivity index (χ1) is 19.2. The smallest absolute Gasteiger partial charge is 0.169 e. The van der Waals surface area contributed by atoms with Crippen molar-refractivity contribution in [3.63, 3.8) is 0 Å². The average Bonchev–Trinajstić information content (AvgIpc) is 2.99. The molecule has 0 N–H and O–H groups in total. The lowest BCUT2D eigenvalue weighted by Crippen LogP contribution is -2.38. The van der Waals surface area contributed by atoms with Gasteiger partial charge in [-0.3, -0.25) is 0 Å². The second kappa shape index (κ2) is 15.9. The molecule has 0 aromatic carbocycles. The lowest BCUT2D eigenvalue weighted by atomic mass is 10.1. The average molecular weight is 525 g/mol. The van der Waals surface area contributed by atoms with E-state index in [1.807, 2.05) is 0 Å². The summed E-state index contributed by atoms with van der Waals surface area (Å²) in [5.41, 5.74) is 5.11. The van der Waals surface area contributed by atoms with Crippen LogP contribution in [0.3, 0.4) is 0 Å². The normalized spacial score (nSPS) is 11.1. The van der Waals surface area contributed by atoms with Crippen molar-refractivity contribution in [1.82, 2.24) is 0 Å². The van der Waals surface area contributed by atoms with Crippen molar-refractivity contribution in [3.8, 4) is 22.3 Å². The standard InChI is InChI=1S/C35H48N4/c1-3-5-7-9-20-36-24-12-32(13-25-36)34-16-28-38(29-17-34)22-11-23-39-30-18-35(19-31-39)33-14-26-37(27-15-33)21-10-8-6-4-2/h12-19,24-31H,3-11,20-23H2,1-2H3/q+4. The number of nitrogens with zero attached hydrogens (tertiary/aromatic N) is 4. The fraction of sp³-hybridized carbons (Fsp3) is 0.429. The van der Waals surface area contributed by atoms with Crippen molar-refractivity contribution >= 4 is 0 Å². The molecule has 0 fully saturated rings. The lowest BCUT2D eigenvalue weighted by molar-refractivity contribution is -0.726. The predicted molar refractivity (Wildman–Crippen MR) is 157 cm³/mol. The lowest BCUT2D eigenvalue weighted by Gasteiger charge is -2.03. The minimum atomic E-state index is 1.01. The van der Waals surface area contributed by atoms with Crippen LogP contribution in [0.1, 0.15) is 71.6 Å². The summed E-state index contributed by atoms with van der Waals surface area (Å²) in [6.07, 6.45) is 29.2. The minimum absolute atomic E-state index is 1.01. The van der Waals surface area contributed by atoms with Crippen LogP contribution in [-0.4, -0.2) is 0 Å². The van der Waals surface area contributed by atoms with E-state index in [2.05, 4.69) is 130 Å². The molecule has 4 heteroatoms. The van der Waals surface area contributed by atoms with Gasteiger partial charge in [-0.2, -0.15) is 0 Å². The molecule has 4 heterocycles. The van der Waals surface area contributed by atoms with Crippen LogP contribution < -0.4 is 18.3 Å². The molecular formula is C35H48N4+4. The zero-order chi connectivity index (χ0) is 27.1. The Morgan fingerprint density at radius 3 is 0.846 bits per heavy atom. The molecule has 4 aromatic heterocycles. The summed E-state index contributed by atoms with van der Waals surface area (Å²) in [5.74, 6) is 0. The number of aromatic nitrogens is 4. The van der Waals surface area contributed by atoms with Gasteiger partial charge in [0.25, 0.3) is 0 Å². The molecule has 0 spiro atoms. The van der Waals surface area contributed by atoms with Crippen molar-refractivity contribution in [3.05, 3.63) is 98.1 Å². The number of pyridine rings is 4. The van der Waals surface area contributed by atoms with Crippen molar-refractivity contribution in [2.24, 2.45) is 0 Å². The van der Waals surface area contributed by atoms with E-state index >= 15 is 0 Å². The summed E-state index contributed by atoms with van der Waals surface area (Å²) >= 11 is 0. The molecule has 0 aliphatic heterocycles. The van der Waals surface area contributed by atoms with E-state index in [1.54, 1.807) is 0 Å². The van der Waals surface area contributed by atoms with Gasteiger partial charge < -0.3 is 0 Å². The molecule has 0 saturated heterocycles. The first-order valence-electron chi connectivity index (χ1n) is 15.2. The maximum atomic E-state index is 2.30. The predicted octanol–water partition coefficient (Wildman–Crippen LogP) is 6.42. The summed E-state index contributed by atoms with van der Waals surface area (Å²) in [6.45, 7) is 8.77. The van der Waals surface area contributed by atoms with E-state index in [1.165, 1.54) is 73.6 Å². The summed E-state index contributed by atoms with van der Waals surface area (Å²) in [6, 6.07) is 17.9. The minimum Gasteiger partial charge on any atom is -0.205 e. The quantitative estimate of drug-likeness (QED) is 0.119. The highest BCUT2D eigenvalue weighted by atomic mass is 15.0. The SMILES string of the molecule is CCCCCC[n+]1ccc(-c2cc[n+](CCC[n+]3ccc(-c4cc[n+](CCCCCC)cc4)cc3)cc2)cc1. The highest BCUT2D eigenvalue weighted by Crippen LogP contribution is 2.17. The molecule has 0 bridgehead atoms. The van der Waals surface area contributed by atoms with E-state index in [9.17, 15) is 0 Å². The van der Waals surface area contributed by atoms with Gasteiger partial charge >= 0.3 is 0 Å². The molecule has 4 rings (SSSR count). The Balaban J connectivity index is 1.21. The van der Waals surface area contributed by atoms with Gasteiger partial charge in [0.2, 0.25) is 0 Å². The Morgan fingerprint density at radius 1 is 0.333 bits per heavy atom. The van der Waals surface area contributed by atoms with E-state index < -0.39 is 0 Å². The van der Waals surface area contributed by atoms with Gasteiger partial charge in [-0.05, 0) is 35.1 Å². The van der Waals surface area contributed by atoms with Gasteiger partial charge in [-0.15, -0.1) is 0 Å². The van der Waals surface area contributed by atoms with Crippen molar-refractivity contribution < 1.29 is 18.3 Å². The molecule has 0 unspecified atom stereocenters. The Bertz CT molecular complexity index is 1110. The molecule has 0 amide bonds. The Morgan fingerprint density at radius 2 is 0.590 bits per heavy atom. The highest BCUT2D eigenvalue weighted by Gasteiger charge is 2.09. The van der Waals surface area contributed by atoms with Gasteiger partial charge in [-0.25, -0.2) is 18.3 Å². The molecule has 204 valence electrons. The highest BCUT2D eigenvalue weighted by molar-refractivity contribution is 5.61. The fourth-order valence-electron chi connectivity index (χ4n) is 5.07. The van der Waals surface area contributed by atoms with Gasteiger partial charge in [0.05, 0.1) is 6.42 Å². The van der Waals surface area contributed by atoms with Gasteiger partial charge in [0.15, 0.2) is 62.7 Å². The first-order valence-corrected chi connectivity index (χ1v) is 15.2. The summed E-state index contributed by atoms with van der Waals surface area (Å²) in [7, 11) is 0. The van der Waals surface area contributed by atoms with Crippen LogP contribution in [0, 0.1) is 0 Å². The number of rotatable bonds is 16. The summed E-state index contributed by atoms with van der Waals surface area (Å²) in [4.78, 5) is 0. The zero-order valence-corrected chi connectivity index (χ0v) is 24.2. The topological polar surface area (TPSA) is 15.5 Å². The molecule has 0 aliphatic carbocycles. The van der Waals surface area contributed by atoms with Crippen LogP contribution in [0.15, 0.2) is 98.1 Å². The molecule has 39 heavy (non-hydrogen) atoms. The molecule has 0 aliphatic rings. The van der Waals surface area contributed by atoms with Crippen LogP contribution in [0.4, 0.5) is 0 Å². The molecule has 0 radical (unpaired) electrons. The van der Waals surface area contributed by atoms with Crippen molar-refractivity contribution in [1.29, 1.82) is 0 Å². The second-order valence-electron chi connectivity index (χ2n) is 10.8. The molecule has 4 aromatic rings. The van der Waals surface area contributed by atoms with Gasteiger partial charge in [0.1, 0.15) is 13.1 Å². The van der Waals surface area contributed by atoms with E-state index in [-0.39, 0.29) is 0 Å². The molecule has 0 atom stereocenters. The monoisotopic (exact) mass is 524 g/mol. The van der Waals surface area contributed by atoms with Crippen LogP contribution in [0.5, 0.6) is 0 Å². The first kappa shape index (κ1) is 28.6. The molecule has 4 nitrogen and oxygen atoms in total. The van der Waals surface area contributed by atoms with Crippen LogP contribution in [-0.2, 0) is 26.2 Å². The van der Waals surface area contributed by atoms with Crippen molar-refractivity contribution in [2.45, 2.75) is 97.8 Å². The zero-order valence-electron chi connectivity index (χ0n) is 24.2. The van der Waals surface area contributed by atoms with Crippen molar-refractivity contribution in [2.75, 3.05) is 0 Å². The van der Waals surface area contributed by atoms with Crippen LogP contribution >= 0.6 is 0 Å². The Labute approximate surface area is 236 Å². The maximum absolute atomic E-state index is 2.30. The number of hydrogen-bond acceptors (Lipinski definition) is 0. The third-order valence-electron chi connectivity index (χ3n) is 7.60. The second-order valence-corrected chi connectivity index (χ2v) is 10.8. The Kier molecular flexibility index (Phi) is 11.6. The molecule has 0 saturated carbocycles. The summed E-state index contributed by atoms with van der Waals surface area (Å²) in [5, 5.41) is 0.